The number of hydrogen-bond donors (Lipinski definition) is 1. The first kappa shape index (κ1) is 23.7. The van der Waals surface area contributed by atoms with E-state index in [0.29, 0.717) is 17.4 Å². The summed E-state index contributed by atoms with van der Waals surface area (Å²) < 4.78 is 11.3. The van der Waals surface area contributed by atoms with Crippen molar-refractivity contribution in [2.75, 3.05) is 33.4 Å². The molecule has 5 heteroatoms. The van der Waals surface area contributed by atoms with Gasteiger partial charge in [0.05, 0.1) is 12.1 Å². The normalized spacial score (nSPS) is 11.9. The number of ether oxygens (including phenoxy) is 2. The van der Waals surface area contributed by atoms with Gasteiger partial charge >= 0.3 is 0 Å². The molecule has 0 saturated carbocycles. The monoisotopic (exact) mass is 451 g/mol. The lowest BCUT2D eigenvalue weighted by molar-refractivity contribution is 0.223. The van der Waals surface area contributed by atoms with E-state index in [-0.39, 0.29) is 5.75 Å². The van der Waals surface area contributed by atoms with Crippen molar-refractivity contribution < 1.29 is 14.6 Å². The number of halogens is 1. The lowest BCUT2D eigenvalue weighted by Gasteiger charge is -2.18. The van der Waals surface area contributed by atoms with Crippen molar-refractivity contribution in [2.24, 2.45) is 0 Å². The molecule has 3 rings (SSSR count). The maximum absolute atomic E-state index is 10.0. The SMILES string of the molecule is CCN(CC)CCOc1ccc(/C(=C(/Cl)c2ccccc2)c2ccc(O)c(OC)c2)cc1. The quantitative estimate of drug-likeness (QED) is 0.368. The predicted molar refractivity (Wildman–Crippen MR) is 133 cm³/mol. The highest BCUT2D eigenvalue weighted by Crippen LogP contribution is 2.38. The molecule has 4 nitrogen and oxygen atoms in total. The standard InChI is InChI=1S/C27H30ClNO3/c1-4-29(5-2)17-18-32-23-14-11-20(12-15-23)26(27(28)21-9-7-6-8-10-21)22-13-16-24(30)25(19-22)31-3/h6-16,19,30H,4-5,17-18H2,1-3H3/b27-26-. The average Bonchev–Trinajstić information content (AvgIpc) is 2.84. The van der Waals surface area contributed by atoms with Crippen LogP contribution in [-0.4, -0.2) is 43.4 Å². The van der Waals surface area contributed by atoms with E-state index in [9.17, 15) is 5.11 Å². The molecule has 0 unspecified atom stereocenters. The number of hydrogen-bond acceptors (Lipinski definition) is 4. The Balaban J connectivity index is 1.94. The zero-order valence-electron chi connectivity index (χ0n) is 18.8. The molecule has 0 radical (unpaired) electrons. The van der Waals surface area contributed by atoms with Gasteiger partial charge in [0.15, 0.2) is 11.5 Å². The molecule has 0 spiro atoms. The average molecular weight is 452 g/mol. The third-order valence-electron chi connectivity index (χ3n) is 5.43. The van der Waals surface area contributed by atoms with Gasteiger partial charge < -0.3 is 19.5 Å². The number of aromatic hydroxyl groups is 1. The molecule has 0 heterocycles. The first-order chi connectivity index (χ1) is 15.6. The summed E-state index contributed by atoms with van der Waals surface area (Å²) in [6, 6.07) is 23.0. The number of methoxy groups -OCH3 is 1. The number of phenols is 1. The van der Waals surface area contributed by atoms with Gasteiger partial charge in [-0.25, -0.2) is 0 Å². The number of likely N-dealkylation sites (N-methyl/N-ethyl adjacent to an activating group) is 1. The van der Waals surface area contributed by atoms with Crippen LogP contribution in [0.15, 0.2) is 72.8 Å². The number of benzene rings is 3. The molecule has 32 heavy (non-hydrogen) atoms. The minimum Gasteiger partial charge on any atom is -0.504 e. The summed E-state index contributed by atoms with van der Waals surface area (Å²) in [7, 11) is 1.53. The van der Waals surface area contributed by atoms with Crippen LogP contribution in [0.2, 0.25) is 0 Å². The van der Waals surface area contributed by atoms with E-state index >= 15 is 0 Å². The van der Waals surface area contributed by atoms with E-state index in [1.54, 1.807) is 12.1 Å². The van der Waals surface area contributed by atoms with Crippen LogP contribution in [0, 0.1) is 0 Å². The highest BCUT2D eigenvalue weighted by molar-refractivity contribution is 6.53. The van der Waals surface area contributed by atoms with Crippen molar-refractivity contribution in [3.63, 3.8) is 0 Å². The molecule has 0 aliphatic rings. The Kier molecular flexibility index (Phi) is 8.60. The summed E-state index contributed by atoms with van der Waals surface area (Å²) in [5.41, 5.74) is 3.56. The van der Waals surface area contributed by atoms with Gasteiger partial charge in [-0.15, -0.1) is 0 Å². The second-order valence-corrected chi connectivity index (χ2v) is 7.72. The third kappa shape index (κ3) is 5.84. The second kappa shape index (κ2) is 11.6. The van der Waals surface area contributed by atoms with E-state index in [1.807, 2.05) is 60.7 Å². The molecular weight excluding hydrogens is 422 g/mol. The highest BCUT2D eigenvalue weighted by Gasteiger charge is 2.15. The van der Waals surface area contributed by atoms with Crippen molar-refractivity contribution in [1.29, 1.82) is 0 Å². The fourth-order valence-corrected chi connectivity index (χ4v) is 3.88. The highest BCUT2D eigenvalue weighted by atomic mass is 35.5. The molecule has 0 atom stereocenters. The Morgan fingerprint density at radius 3 is 2.16 bits per heavy atom. The van der Waals surface area contributed by atoms with Crippen LogP contribution in [0.5, 0.6) is 17.2 Å². The van der Waals surface area contributed by atoms with Crippen molar-refractivity contribution in [3.8, 4) is 17.2 Å². The zero-order chi connectivity index (χ0) is 22.9. The molecule has 0 amide bonds. The van der Waals surface area contributed by atoms with Gasteiger partial charge in [0.25, 0.3) is 0 Å². The van der Waals surface area contributed by atoms with E-state index in [2.05, 4.69) is 18.7 Å². The number of phenolic OH excluding ortho intramolecular Hbond substituents is 1. The van der Waals surface area contributed by atoms with Crippen LogP contribution in [0.4, 0.5) is 0 Å². The molecule has 0 aliphatic heterocycles. The van der Waals surface area contributed by atoms with Gasteiger partial charge in [0, 0.05) is 12.1 Å². The van der Waals surface area contributed by atoms with Crippen LogP contribution in [-0.2, 0) is 0 Å². The summed E-state index contributed by atoms with van der Waals surface area (Å²) in [4.78, 5) is 2.33. The van der Waals surface area contributed by atoms with Gasteiger partial charge in [0.1, 0.15) is 12.4 Å². The predicted octanol–water partition coefficient (Wildman–Crippen LogP) is 6.28. The maximum Gasteiger partial charge on any atom is 0.161 e. The van der Waals surface area contributed by atoms with Crippen LogP contribution in [0.25, 0.3) is 10.6 Å². The number of nitrogens with zero attached hydrogens (tertiary/aromatic N) is 1. The smallest absolute Gasteiger partial charge is 0.161 e. The van der Waals surface area contributed by atoms with Crippen LogP contribution in [0.1, 0.15) is 30.5 Å². The van der Waals surface area contributed by atoms with Gasteiger partial charge in [-0.2, -0.15) is 0 Å². The molecule has 3 aromatic rings. The Bertz CT molecular complexity index is 1030. The summed E-state index contributed by atoms with van der Waals surface area (Å²) in [6.45, 7) is 7.88. The topological polar surface area (TPSA) is 41.9 Å². The molecule has 1 N–H and O–H groups in total. The van der Waals surface area contributed by atoms with E-state index in [1.165, 1.54) is 7.11 Å². The molecule has 0 saturated heterocycles. The Hall–Kier alpha value is -2.95. The molecule has 0 aliphatic carbocycles. The van der Waals surface area contributed by atoms with E-state index in [4.69, 9.17) is 21.1 Å². The van der Waals surface area contributed by atoms with Gasteiger partial charge in [-0.05, 0) is 54.0 Å². The van der Waals surface area contributed by atoms with E-state index < -0.39 is 0 Å². The van der Waals surface area contributed by atoms with E-state index in [0.717, 1.165) is 47.6 Å². The largest absolute Gasteiger partial charge is 0.504 e. The minimum atomic E-state index is 0.0865. The van der Waals surface area contributed by atoms with Crippen LogP contribution in [0.3, 0.4) is 0 Å². The first-order valence-electron chi connectivity index (χ1n) is 10.9. The van der Waals surface area contributed by atoms with Crippen LogP contribution >= 0.6 is 11.6 Å². The van der Waals surface area contributed by atoms with Crippen molar-refractivity contribution >= 4 is 22.2 Å². The fourth-order valence-electron chi connectivity index (χ4n) is 3.53. The summed E-state index contributed by atoms with van der Waals surface area (Å²) in [6.07, 6.45) is 0. The molecule has 0 bridgehead atoms. The van der Waals surface area contributed by atoms with Gasteiger partial charge in [-0.3, -0.25) is 0 Å². The molecular formula is C27H30ClNO3. The Labute approximate surface area is 195 Å². The first-order valence-corrected chi connectivity index (χ1v) is 11.2. The third-order valence-corrected chi connectivity index (χ3v) is 5.84. The Morgan fingerprint density at radius 2 is 1.53 bits per heavy atom. The minimum absolute atomic E-state index is 0.0865. The Morgan fingerprint density at radius 1 is 0.875 bits per heavy atom. The summed E-state index contributed by atoms with van der Waals surface area (Å²) >= 11 is 6.91. The lowest BCUT2D eigenvalue weighted by atomic mass is 9.95. The fraction of sp³-hybridized carbons (Fsp3) is 0.259. The second-order valence-electron chi connectivity index (χ2n) is 7.34. The van der Waals surface area contributed by atoms with Crippen molar-refractivity contribution in [2.45, 2.75) is 13.8 Å². The van der Waals surface area contributed by atoms with Gasteiger partial charge in [-0.1, -0.05) is 74.0 Å². The van der Waals surface area contributed by atoms with Gasteiger partial charge in [0.2, 0.25) is 0 Å². The molecule has 0 aromatic heterocycles. The lowest BCUT2D eigenvalue weighted by Crippen LogP contribution is -2.27. The van der Waals surface area contributed by atoms with Crippen LogP contribution < -0.4 is 9.47 Å². The molecule has 168 valence electrons. The van der Waals surface area contributed by atoms with Crippen molar-refractivity contribution in [1.82, 2.24) is 4.90 Å². The molecule has 3 aromatic carbocycles. The zero-order valence-corrected chi connectivity index (χ0v) is 19.6. The number of rotatable bonds is 10. The summed E-state index contributed by atoms with van der Waals surface area (Å²) in [5, 5.41) is 10.7. The van der Waals surface area contributed by atoms with Crippen molar-refractivity contribution in [3.05, 3.63) is 89.5 Å². The maximum atomic E-state index is 10.0. The summed E-state index contributed by atoms with van der Waals surface area (Å²) in [5.74, 6) is 1.30. The molecule has 0 fully saturated rings.